The van der Waals surface area contributed by atoms with Gasteiger partial charge in [-0.25, -0.2) is 8.78 Å². The Labute approximate surface area is 720 Å². The lowest BCUT2D eigenvalue weighted by molar-refractivity contribution is -0.253. The first-order valence-corrected chi connectivity index (χ1v) is 44.7. The number of para-hydroxylation sites is 2. The van der Waals surface area contributed by atoms with Crippen LogP contribution in [0.4, 0.5) is 44.7 Å². The number of aliphatic hydroxyl groups is 5. The van der Waals surface area contributed by atoms with Gasteiger partial charge in [-0.3, -0.25) is 28.9 Å². The predicted molar refractivity (Wildman–Crippen MR) is 454 cm³/mol. The second-order valence-corrected chi connectivity index (χ2v) is 39.1. The van der Waals surface area contributed by atoms with E-state index in [1.807, 2.05) is 49.0 Å². The molecule has 4 aromatic rings. The van der Waals surface area contributed by atoms with Gasteiger partial charge in [-0.1, -0.05) is 103 Å². The van der Waals surface area contributed by atoms with Gasteiger partial charge in [0.2, 0.25) is 5.78 Å². The number of β-amino-alcohol motifs (C(OH)–C–C–N with tert-alkyl or cyclic N) is 1. The van der Waals surface area contributed by atoms with Crippen LogP contribution in [-0.4, -0.2) is 233 Å². The van der Waals surface area contributed by atoms with Crippen molar-refractivity contribution in [1.82, 2.24) is 19.6 Å². The van der Waals surface area contributed by atoms with Gasteiger partial charge >= 0.3 is 12.1 Å². The summed E-state index contributed by atoms with van der Waals surface area (Å²) in [4.78, 5) is 80.6. The molecule has 4 aromatic carbocycles. The maximum atomic E-state index is 17.4. The Hall–Kier alpha value is -5.92. The normalized spacial score (nSPS) is 34.9. The first-order chi connectivity index (χ1) is 56.5. The molecule has 1 spiro atoms. The number of nitrogens with zero attached hydrogens (tertiary/aromatic N) is 6. The zero-order valence-electron chi connectivity index (χ0n) is 69.6. The van der Waals surface area contributed by atoms with Gasteiger partial charge in [-0.05, 0) is 214 Å². The number of anilines is 4. The number of carbonyl (C=O) groups is 5. The van der Waals surface area contributed by atoms with Crippen molar-refractivity contribution in [1.29, 1.82) is 0 Å². The Morgan fingerprint density at radius 3 is 1.60 bits per heavy atom. The van der Waals surface area contributed by atoms with E-state index in [1.54, 1.807) is 57.7 Å². The summed E-state index contributed by atoms with van der Waals surface area (Å²) in [6, 6.07) is 26.9. The van der Waals surface area contributed by atoms with Crippen molar-refractivity contribution in [2.24, 2.45) is 51.2 Å². The number of hydrogen-bond donors (Lipinski definition) is 5. The number of alkyl halides is 5. The monoisotopic (exact) mass is 1740 g/mol. The van der Waals surface area contributed by atoms with Crippen molar-refractivity contribution in [3.05, 3.63) is 143 Å². The molecule has 3 saturated heterocycles. The Balaban J connectivity index is 0.000000132. The topological polar surface area (TPSA) is 234 Å². The number of halogens is 7. The third-order valence-corrected chi connectivity index (χ3v) is 32.7. The Morgan fingerprint density at radius 2 is 1.09 bits per heavy atom. The first-order valence-electron chi connectivity index (χ1n) is 42.6. The molecule has 0 amide bonds. The molecule has 5 heterocycles. The van der Waals surface area contributed by atoms with E-state index >= 15 is 8.78 Å². The van der Waals surface area contributed by atoms with Crippen molar-refractivity contribution < 1.29 is 85.7 Å². The number of ether oxygens (including phenoxy) is 3. The minimum absolute atomic E-state index is 0. The Kier molecular flexibility index (Phi) is 26.2. The van der Waals surface area contributed by atoms with Crippen LogP contribution in [-0.2, 0) is 44.4 Å². The number of piperazine rings is 2. The molecule has 16 atom stereocenters. The molecular weight excluding hydrogens is 1630 g/mol. The van der Waals surface area contributed by atoms with Crippen molar-refractivity contribution in [2.75, 3.05) is 122 Å². The fraction of sp³-hybridized carbons (Fsp3) is 0.598. The number of ketones is 4. The van der Waals surface area contributed by atoms with E-state index in [4.69, 9.17) is 30.9 Å². The zero-order valence-corrected chi connectivity index (χ0v) is 72.8. The van der Waals surface area contributed by atoms with Crippen LogP contribution >= 0.6 is 47.5 Å². The molecule has 120 heavy (non-hydrogen) atoms. The van der Waals surface area contributed by atoms with Crippen LogP contribution in [0.25, 0.3) is 0 Å². The van der Waals surface area contributed by atoms with Crippen LogP contribution in [0.5, 0.6) is 0 Å². The molecule has 0 bridgehead atoms. The fourth-order valence-corrected chi connectivity index (χ4v) is 26.3. The summed E-state index contributed by atoms with van der Waals surface area (Å²) in [5.41, 5.74) is -6.31. The molecule has 5 N–H and O–H groups in total. The number of allylic oxidation sites excluding steroid dienone is 8. The standard InChI is InChI=1S/C28H35FO7.C22H29FO5.C21H26ClN3OS.C21H24F3N3S.ClH/c1-16(30)34-15-22(33)28-23(35-26(36-28)9-4-5-10-26)13-20-19-7-6-17-12-18(31)8-11-24(17,2)27(19,29)21(32)14-25(20,28)3;1-12-8-16-15-5-4-13-9-14(25)6-7-19(13,2)21(15,23)17(26)10-20(16,3)22(12,28)18(27)11-24;22-17-6-7-21-19(16-17)25(18-4-1-2-5-20(18)27-21)9-3-8-23-10-12-24(13-11-23)14-15-26;1-25-11-13-26(14-12-25)9-4-10-27-17-5-2-3-6-19(17)28-20-8-7-16(15-18(20)27)21(22,23)24;/h8,11-12,19-21,23,32H,4-7,9-10,13-15H2,1-3H3;6-7,9,12,15-17,24,26,28H,4-5,8,10-11H2,1-3H3;1-2,4-7,16,26H,3,8-15H2;2-3,5-8,15H,4,9-14H2,1H3;1H/t19-,20-,21-,23+,24-,25-,27-,28+;12-,15+,16+,17+,19+,20+,21+,22+;;;/m01.../s1. The molecule has 9 aliphatic carbocycles. The molecule has 0 aromatic heterocycles. The number of Topliss-reactive ketones (excluding diaryl/α,β-unsaturated/α-hetero) is 2. The SMILES string of the molecule is CC(=O)OCC(=O)[C@@]12OC3(CCCC3)O[C@@H]1C[C@H]1[C@@H]3CCC4=CC(=O)C=C[C@]4(C)[C@@]3(F)[C@@H](O)C[C@@]12C.CN1CCN(CCCN2c3ccccc3Sc3ccc(C(F)(F)F)cc32)CC1.C[C@@H]1C[C@H]2[C@@H]3CCC4=CC(=O)C=C[C@]4(C)[C@@]3(F)[C@@H](O)C[C@]2(C)[C@@]1(O)C(=O)CO.Cl.OCCN1CCN(CCCN2c3ccccc3Sc3ccc(Cl)cc32)CC1. The number of benzene rings is 4. The van der Waals surface area contributed by atoms with Crippen LogP contribution in [0.1, 0.15) is 137 Å². The van der Waals surface area contributed by atoms with Crippen molar-refractivity contribution in [3.63, 3.8) is 0 Å². The second-order valence-electron chi connectivity index (χ2n) is 36.5. The van der Waals surface area contributed by atoms with Crippen LogP contribution < -0.4 is 9.80 Å². The second kappa shape index (κ2) is 34.8. The molecule has 10 fully saturated rings. The molecule has 14 aliphatic rings. The van der Waals surface area contributed by atoms with Crippen molar-refractivity contribution in [3.8, 4) is 0 Å². The highest BCUT2D eigenvalue weighted by molar-refractivity contribution is 8.00. The highest BCUT2D eigenvalue weighted by Gasteiger charge is 2.81. The van der Waals surface area contributed by atoms with Gasteiger partial charge in [0.05, 0.1) is 53.2 Å². The molecule has 19 nitrogen and oxygen atoms in total. The van der Waals surface area contributed by atoms with Gasteiger partial charge in [0, 0.05) is 150 Å². The van der Waals surface area contributed by atoms with E-state index in [1.165, 1.54) is 64.5 Å². The molecule has 0 unspecified atom stereocenters. The number of aliphatic hydroxyl groups excluding tert-OH is 4. The zero-order chi connectivity index (χ0) is 84.8. The van der Waals surface area contributed by atoms with Gasteiger partial charge in [0.25, 0.3) is 0 Å². The van der Waals surface area contributed by atoms with E-state index < -0.39 is 123 Å². The number of carbonyl (C=O) groups excluding carboxylic acids is 5. The third-order valence-electron chi connectivity index (χ3n) is 30.2. The minimum Gasteiger partial charge on any atom is -0.458 e. The van der Waals surface area contributed by atoms with Gasteiger partial charge in [0.1, 0.15) is 12.2 Å². The Morgan fingerprint density at radius 1 is 0.617 bits per heavy atom. The van der Waals surface area contributed by atoms with Crippen LogP contribution in [0.2, 0.25) is 5.02 Å². The van der Waals surface area contributed by atoms with E-state index in [0.717, 1.165) is 125 Å². The number of esters is 1. The summed E-state index contributed by atoms with van der Waals surface area (Å²) < 4.78 is 92.5. The molecular formula is C92H115Cl2F5N6O13S2. The molecule has 7 saturated carbocycles. The van der Waals surface area contributed by atoms with E-state index in [0.29, 0.717) is 74.7 Å². The molecule has 5 aliphatic heterocycles. The van der Waals surface area contributed by atoms with Gasteiger partial charge < -0.3 is 64.2 Å². The maximum absolute atomic E-state index is 17.4. The summed E-state index contributed by atoms with van der Waals surface area (Å²) in [5, 5.41) is 53.5. The Bertz CT molecular complexity index is 4680. The van der Waals surface area contributed by atoms with E-state index in [2.05, 4.69) is 72.8 Å². The summed E-state index contributed by atoms with van der Waals surface area (Å²) in [6.07, 6.45) is 9.37. The predicted octanol–water partition coefficient (Wildman–Crippen LogP) is 14.7. The number of fused-ring (bicyclic) bond motifs is 16. The quantitative estimate of drug-likeness (QED) is 0.0550. The van der Waals surface area contributed by atoms with Crippen molar-refractivity contribution >= 4 is 99.4 Å². The number of rotatable bonds is 15. The largest absolute Gasteiger partial charge is 0.458 e. The lowest BCUT2D eigenvalue weighted by Crippen LogP contribution is -2.70. The highest BCUT2D eigenvalue weighted by atomic mass is 35.5. The smallest absolute Gasteiger partial charge is 0.416 e. The fourth-order valence-electron chi connectivity index (χ4n) is 23.9. The van der Waals surface area contributed by atoms with Crippen LogP contribution in [0.15, 0.2) is 152 Å². The molecule has 28 heteroatoms. The van der Waals surface area contributed by atoms with Crippen molar-refractivity contribution in [2.45, 2.75) is 204 Å². The third kappa shape index (κ3) is 15.6. The molecule has 0 radical (unpaired) electrons. The van der Waals surface area contributed by atoms with Gasteiger partial charge in [0.15, 0.2) is 46.7 Å². The number of likely N-dealkylation sites (N-methyl/N-ethyl adjacent to an activating group) is 1. The summed E-state index contributed by atoms with van der Waals surface area (Å²) in [6.45, 7) is 22.4. The lowest BCUT2D eigenvalue weighted by Gasteiger charge is -2.62. The van der Waals surface area contributed by atoms with Gasteiger partial charge in [-0.15, -0.1) is 12.4 Å². The lowest BCUT2D eigenvalue weighted by atomic mass is 9.44. The van der Waals surface area contributed by atoms with Gasteiger partial charge in [-0.2, -0.15) is 13.2 Å². The average Bonchev–Trinajstić information content (AvgIpc) is 1.53. The average molecular weight is 1740 g/mol. The minimum atomic E-state index is -4.33. The molecule has 652 valence electrons. The molecule has 18 rings (SSSR count). The van der Waals surface area contributed by atoms with E-state index in [-0.39, 0.29) is 61.0 Å². The summed E-state index contributed by atoms with van der Waals surface area (Å²) in [7, 11) is 2.13. The van der Waals surface area contributed by atoms with Crippen LogP contribution in [0.3, 0.4) is 0 Å². The van der Waals surface area contributed by atoms with E-state index in [9.17, 15) is 57.6 Å². The van der Waals surface area contributed by atoms with Crippen LogP contribution in [0, 0.1) is 51.2 Å². The first kappa shape index (κ1) is 90.3. The number of hydrogen-bond acceptors (Lipinski definition) is 21. The summed E-state index contributed by atoms with van der Waals surface area (Å²) >= 11 is 9.66. The highest BCUT2D eigenvalue weighted by Crippen LogP contribution is 2.75. The maximum Gasteiger partial charge on any atom is 0.416 e. The summed E-state index contributed by atoms with van der Waals surface area (Å²) in [5.74, 6) is -4.92.